The van der Waals surface area contributed by atoms with Gasteiger partial charge in [-0.15, -0.1) is 0 Å². The minimum Gasteiger partial charge on any atom is -0.276 e. The molecule has 1 aromatic heterocycles. The molecule has 3 heteroatoms. The van der Waals surface area contributed by atoms with Crippen molar-refractivity contribution in [3.63, 3.8) is 0 Å². The molecular formula is C20H14N2O. The molecule has 0 fully saturated rings. The molecule has 1 aliphatic rings. The zero-order chi connectivity index (χ0) is 15.6. The average molecular weight is 298 g/mol. The van der Waals surface area contributed by atoms with Crippen LogP contribution in [0, 0.1) is 0 Å². The van der Waals surface area contributed by atoms with Crippen LogP contribution in [0.5, 0.6) is 0 Å². The van der Waals surface area contributed by atoms with Gasteiger partial charge in [-0.25, -0.2) is 0 Å². The number of nitrogens with zero attached hydrogens (tertiary/aromatic N) is 2. The Hall–Kier alpha value is -3.20. The average Bonchev–Trinajstić information content (AvgIpc) is 2.89. The van der Waals surface area contributed by atoms with Gasteiger partial charge in [0.2, 0.25) is 0 Å². The van der Waals surface area contributed by atoms with Crippen molar-refractivity contribution in [3.05, 3.63) is 90.3 Å². The fourth-order valence-corrected chi connectivity index (χ4v) is 2.84. The summed E-state index contributed by atoms with van der Waals surface area (Å²) in [6, 6.07) is 21.4. The lowest BCUT2D eigenvalue weighted by molar-refractivity contribution is -0.112. The maximum Gasteiger partial charge on any atom is 0.263 e. The Kier molecular flexibility index (Phi) is 3.24. The summed E-state index contributed by atoms with van der Waals surface area (Å²) in [5.41, 5.74) is 4.42. The molecule has 2 heterocycles. The van der Waals surface area contributed by atoms with Crippen LogP contribution in [-0.2, 0) is 4.79 Å². The lowest BCUT2D eigenvalue weighted by Gasteiger charge is -2.16. The van der Waals surface area contributed by atoms with Gasteiger partial charge in [0.15, 0.2) is 0 Å². The molecule has 23 heavy (non-hydrogen) atoms. The maximum absolute atomic E-state index is 13.0. The Morgan fingerprint density at radius 3 is 2.30 bits per heavy atom. The molecule has 0 N–H and O–H groups in total. The number of carbonyl (C=O) groups is 1. The predicted molar refractivity (Wildman–Crippen MR) is 92.1 cm³/mol. The number of fused-ring (bicyclic) bond motifs is 1. The second-order valence-electron chi connectivity index (χ2n) is 5.33. The van der Waals surface area contributed by atoms with Gasteiger partial charge in [-0.05, 0) is 42.0 Å². The van der Waals surface area contributed by atoms with E-state index in [1.165, 1.54) is 0 Å². The van der Waals surface area contributed by atoms with Gasteiger partial charge in [-0.1, -0.05) is 36.4 Å². The van der Waals surface area contributed by atoms with E-state index in [-0.39, 0.29) is 5.91 Å². The monoisotopic (exact) mass is 298 g/mol. The highest BCUT2D eigenvalue weighted by molar-refractivity contribution is 6.37. The van der Waals surface area contributed by atoms with Crippen LogP contribution in [0.1, 0.15) is 11.1 Å². The van der Waals surface area contributed by atoms with Crippen LogP contribution in [0.25, 0.3) is 11.6 Å². The van der Waals surface area contributed by atoms with E-state index in [9.17, 15) is 4.79 Å². The van der Waals surface area contributed by atoms with Gasteiger partial charge in [0.1, 0.15) is 0 Å². The zero-order valence-electron chi connectivity index (χ0n) is 12.4. The van der Waals surface area contributed by atoms with Gasteiger partial charge in [0.25, 0.3) is 5.91 Å². The van der Waals surface area contributed by atoms with E-state index in [1.807, 2.05) is 72.8 Å². The quantitative estimate of drug-likeness (QED) is 0.661. The molecule has 2 aromatic carbocycles. The van der Waals surface area contributed by atoms with Gasteiger partial charge in [-0.3, -0.25) is 14.7 Å². The maximum atomic E-state index is 13.0. The van der Waals surface area contributed by atoms with Crippen molar-refractivity contribution in [2.75, 3.05) is 4.90 Å². The topological polar surface area (TPSA) is 33.2 Å². The lowest BCUT2D eigenvalue weighted by atomic mass is 10.0. The molecule has 3 nitrogen and oxygen atoms in total. The van der Waals surface area contributed by atoms with Gasteiger partial charge in [0.05, 0.1) is 11.3 Å². The van der Waals surface area contributed by atoms with Gasteiger partial charge < -0.3 is 0 Å². The van der Waals surface area contributed by atoms with Crippen LogP contribution in [0.15, 0.2) is 79.1 Å². The Bertz CT molecular complexity index is 886. The fourth-order valence-electron chi connectivity index (χ4n) is 2.84. The first-order chi connectivity index (χ1) is 11.3. The second-order valence-corrected chi connectivity index (χ2v) is 5.33. The summed E-state index contributed by atoms with van der Waals surface area (Å²) < 4.78 is 0. The van der Waals surface area contributed by atoms with Gasteiger partial charge in [0, 0.05) is 23.6 Å². The molecule has 3 aromatic rings. The van der Waals surface area contributed by atoms with Crippen molar-refractivity contribution >= 4 is 28.9 Å². The van der Waals surface area contributed by atoms with E-state index in [2.05, 4.69) is 4.98 Å². The zero-order valence-corrected chi connectivity index (χ0v) is 12.4. The van der Waals surface area contributed by atoms with Crippen molar-refractivity contribution < 1.29 is 4.79 Å². The first-order valence-electron chi connectivity index (χ1n) is 7.45. The van der Waals surface area contributed by atoms with Crippen LogP contribution in [0.2, 0.25) is 0 Å². The summed E-state index contributed by atoms with van der Waals surface area (Å²) in [5, 5.41) is 0. The molecule has 110 valence electrons. The Morgan fingerprint density at radius 2 is 1.52 bits per heavy atom. The summed E-state index contributed by atoms with van der Waals surface area (Å²) >= 11 is 0. The van der Waals surface area contributed by atoms with E-state index >= 15 is 0 Å². The molecule has 4 rings (SSSR count). The first-order valence-corrected chi connectivity index (χ1v) is 7.45. The summed E-state index contributed by atoms with van der Waals surface area (Å²) in [6.45, 7) is 0. The number of anilines is 2. The van der Waals surface area contributed by atoms with Gasteiger partial charge in [-0.2, -0.15) is 0 Å². The Morgan fingerprint density at radius 1 is 0.826 bits per heavy atom. The molecule has 0 aliphatic carbocycles. The molecule has 0 saturated heterocycles. The third-order valence-corrected chi connectivity index (χ3v) is 3.90. The third-order valence-electron chi connectivity index (χ3n) is 3.90. The van der Waals surface area contributed by atoms with E-state index in [0.717, 1.165) is 22.5 Å². The van der Waals surface area contributed by atoms with Crippen molar-refractivity contribution in [3.8, 4) is 0 Å². The highest BCUT2D eigenvalue weighted by atomic mass is 16.2. The molecule has 1 amide bonds. The second kappa shape index (κ2) is 5.54. The number of para-hydroxylation sites is 2. The highest BCUT2D eigenvalue weighted by Crippen LogP contribution is 2.41. The SMILES string of the molecule is O=C1/C(=C/c2ccncc2)c2ccccc2N1c1ccccc1. The van der Waals surface area contributed by atoms with Crippen LogP contribution < -0.4 is 4.90 Å². The molecule has 0 unspecified atom stereocenters. The van der Waals surface area contributed by atoms with E-state index in [0.29, 0.717) is 5.57 Å². The number of hydrogen-bond acceptors (Lipinski definition) is 2. The molecule has 0 spiro atoms. The minimum absolute atomic E-state index is 0.00536. The van der Waals surface area contributed by atoms with Crippen LogP contribution in [-0.4, -0.2) is 10.9 Å². The molecule has 0 radical (unpaired) electrons. The van der Waals surface area contributed by atoms with Crippen molar-refractivity contribution in [2.24, 2.45) is 0 Å². The largest absolute Gasteiger partial charge is 0.276 e. The fraction of sp³-hybridized carbons (Fsp3) is 0. The molecular weight excluding hydrogens is 284 g/mol. The van der Waals surface area contributed by atoms with Crippen molar-refractivity contribution in [1.29, 1.82) is 0 Å². The standard InChI is InChI=1S/C20H14N2O/c23-20-18(14-15-10-12-21-13-11-15)17-8-4-5-9-19(17)22(20)16-6-2-1-3-7-16/h1-14H/b18-14+. The number of hydrogen-bond donors (Lipinski definition) is 0. The Labute approximate surface area is 134 Å². The summed E-state index contributed by atoms with van der Waals surface area (Å²) in [5.74, 6) is -0.00536. The predicted octanol–water partition coefficient (Wildman–Crippen LogP) is 4.30. The molecule has 0 bridgehead atoms. The third kappa shape index (κ3) is 2.32. The van der Waals surface area contributed by atoms with E-state index in [1.54, 1.807) is 17.3 Å². The number of rotatable bonds is 2. The number of pyridine rings is 1. The summed E-state index contributed by atoms with van der Waals surface area (Å²) in [7, 11) is 0. The number of aromatic nitrogens is 1. The number of amides is 1. The van der Waals surface area contributed by atoms with Crippen LogP contribution in [0.4, 0.5) is 11.4 Å². The van der Waals surface area contributed by atoms with Crippen LogP contribution in [0.3, 0.4) is 0 Å². The summed E-state index contributed by atoms with van der Waals surface area (Å²) in [4.78, 5) is 18.8. The van der Waals surface area contributed by atoms with E-state index < -0.39 is 0 Å². The number of carbonyl (C=O) groups excluding carboxylic acids is 1. The van der Waals surface area contributed by atoms with Crippen molar-refractivity contribution in [2.45, 2.75) is 0 Å². The lowest BCUT2D eigenvalue weighted by Crippen LogP contribution is -2.20. The summed E-state index contributed by atoms with van der Waals surface area (Å²) in [6.07, 6.45) is 5.38. The number of benzene rings is 2. The normalized spacial score (nSPS) is 15.0. The molecule has 0 saturated carbocycles. The first kappa shape index (κ1) is 13.5. The van der Waals surface area contributed by atoms with Crippen molar-refractivity contribution in [1.82, 2.24) is 4.98 Å². The molecule has 0 atom stereocenters. The van der Waals surface area contributed by atoms with Crippen LogP contribution >= 0.6 is 0 Å². The van der Waals surface area contributed by atoms with Gasteiger partial charge >= 0.3 is 0 Å². The highest BCUT2D eigenvalue weighted by Gasteiger charge is 2.32. The molecule has 1 aliphatic heterocycles. The van der Waals surface area contributed by atoms with E-state index in [4.69, 9.17) is 0 Å². The minimum atomic E-state index is -0.00536. The smallest absolute Gasteiger partial charge is 0.263 e. The Balaban J connectivity index is 1.87.